The van der Waals surface area contributed by atoms with Gasteiger partial charge in [-0.15, -0.1) is 0 Å². The van der Waals surface area contributed by atoms with Gasteiger partial charge >= 0.3 is 5.69 Å². The minimum absolute atomic E-state index is 0.300. The molecule has 0 bridgehead atoms. The third-order valence-corrected chi connectivity index (χ3v) is 1.72. The van der Waals surface area contributed by atoms with Crippen molar-refractivity contribution < 1.29 is 18.8 Å². The molecule has 0 aliphatic carbocycles. The van der Waals surface area contributed by atoms with Crippen LogP contribution < -0.4 is 5.73 Å². The molecule has 0 amide bonds. The fraction of sp³-hybridized carbons (Fsp3) is 0.286. The summed E-state index contributed by atoms with van der Waals surface area (Å²) in [7, 11) is 0. The van der Waals surface area contributed by atoms with Gasteiger partial charge < -0.3 is 10.8 Å². The summed E-state index contributed by atoms with van der Waals surface area (Å²) < 4.78 is 24.7. The summed E-state index contributed by atoms with van der Waals surface area (Å²) in [4.78, 5) is 12.7. The van der Waals surface area contributed by atoms with Crippen LogP contribution in [0.4, 0.5) is 20.3 Å². The van der Waals surface area contributed by atoms with Crippen LogP contribution in [0, 0.1) is 10.1 Å². The maximum absolute atomic E-state index is 12.3. The van der Waals surface area contributed by atoms with Gasteiger partial charge in [0.15, 0.2) is 0 Å². The Hall–Kier alpha value is -1.83. The van der Waals surface area contributed by atoms with E-state index in [2.05, 4.69) is 4.98 Å². The Morgan fingerprint density at radius 2 is 2.27 bits per heavy atom. The summed E-state index contributed by atoms with van der Waals surface area (Å²) in [5.41, 5.74) is 3.49. The molecular formula is C7H7F2N3O3. The number of pyridine rings is 1. The van der Waals surface area contributed by atoms with Crippen molar-refractivity contribution in [2.45, 2.75) is 13.0 Å². The normalized spacial score (nSPS) is 10.7. The van der Waals surface area contributed by atoms with Crippen molar-refractivity contribution in [2.24, 2.45) is 0 Å². The zero-order valence-corrected chi connectivity index (χ0v) is 7.35. The van der Waals surface area contributed by atoms with E-state index in [1.807, 2.05) is 0 Å². The number of aromatic nitrogens is 1. The lowest BCUT2D eigenvalue weighted by Gasteiger charge is -2.06. The van der Waals surface area contributed by atoms with E-state index in [-0.39, 0.29) is 5.56 Å². The number of alkyl halides is 2. The Morgan fingerprint density at radius 3 is 2.67 bits per heavy atom. The number of hydrogen-bond donors (Lipinski definition) is 2. The van der Waals surface area contributed by atoms with Gasteiger partial charge in [-0.2, -0.15) is 0 Å². The molecule has 0 atom stereocenters. The van der Waals surface area contributed by atoms with E-state index in [4.69, 9.17) is 10.8 Å². The van der Waals surface area contributed by atoms with Crippen molar-refractivity contribution in [1.82, 2.24) is 4.98 Å². The SMILES string of the molecule is Nc1nc(C(F)F)c(CO)cc1[N+](=O)[O-]. The molecule has 82 valence electrons. The highest BCUT2D eigenvalue weighted by atomic mass is 19.3. The Labute approximate surface area is 82.5 Å². The molecule has 3 N–H and O–H groups in total. The number of nitrogens with zero attached hydrogens (tertiary/aromatic N) is 2. The number of anilines is 1. The second-order valence-electron chi connectivity index (χ2n) is 2.65. The fourth-order valence-corrected chi connectivity index (χ4v) is 1.03. The highest BCUT2D eigenvalue weighted by Gasteiger charge is 2.22. The first kappa shape index (κ1) is 11.2. The molecule has 0 aromatic carbocycles. The minimum Gasteiger partial charge on any atom is -0.392 e. The molecule has 0 aliphatic heterocycles. The summed E-state index contributed by atoms with van der Waals surface area (Å²) in [6.07, 6.45) is -2.93. The molecule has 15 heavy (non-hydrogen) atoms. The lowest BCUT2D eigenvalue weighted by atomic mass is 10.2. The van der Waals surface area contributed by atoms with Crippen molar-refractivity contribution >= 4 is 11.5 Å². The first-order valence-corrected chi connectivity index (χ1v) is 3.80. The molecular weight excluding hydrogens is 212 g/mol. The van der Waals surface area contributed by atoms with E-state index in [0.717, 1.165) is 6.07 Å². The summed E-state index contributed by atoms with van der Waals surface area (Å²) in [6, 6.07) is 0.795. The quantitative estimate of drug-likeness (QED) is 0.583. The van der Waals surface area contributed by atoms with Crippen molar-refractivity contribution in [3.05, 3.63) is 27.4 Å². The number of aliphatic hydroxyl groups is 1. The second kappa shape index (κ2) is 4.13. The summed E-state index contributed by atoms with van der Waals surface area (Å²) >= 11 is 0. The van der Waals surface area contributed by atoms with Crippen molar-refractivity contribution in [1.29, 1.82) is 0 Å². The predicted octanol–water partition coefficient (Wildman–Crippen LogP) is 1.00. The molecule has 8 heteroatoms. The van der Waals surface area contributed by atoms with E-state index >= 15 is 0 Å². The first-order chi connectivity index (χ1) is 6.97. The molecule has 0 spiro atoms. The van der Waals surface area contributed by atoms with Crippen LogP contribution in [0.15, 0.2) is 6.07 Å². The van der Waals surface area contributed by atoms with Gasteiger partial charge in [-0.1, -0.05) is 0 Å². The molecule has 1 heterocycles. The molecule has 1 aromatic heterocycles. The lowest BCUT2D eigenvalue weighted by Crippen LogP contribution is -2.06. The number of halogens is 2. The number of aliphatic hydroxyl groups excluding tert-OH is 1. The van der Waals surface area contributed by atoms with Gasteiger partial charge in [-0.25, -0.2) is 13.8 Å². The molecule has 0 radical (unpaired) electrons. The summed E-state index contributed by atoms with van der Waals surface area (Å²) in [5.74, 6) is -0.590. The van der Waals surface area contributed by atoms with Crippen LogP contribution in [0.25, 0.3) is 0 Å². The third kappa shape index (κ3) is 2.15. The molecule has 1 aromatic rings. The third-order valence-electron chi connectivity index (χ3n) is 1.72. The second-order valence-corrected chi connectivity index (χ2v) is 2.65. The van der Waals surface area contributed by atoms with E-state index in [1.54, 1.807) is 0 Å². The Morgan fingerprint density at radius 1 is 1.67 bits per heavy atom. The topological polar surface area (TPSA) is 102 Å². The van der Waals surface area contributed by atoms with Gasteiger partial charge in [0, 0.05) is 11.6 Å². The fourth-order valence-electron chi connectivity index (χ4n) is 1.03. The molecule has 0 saturated carbocycles. The van der Waals surface area contributed by atoms with Crippen LogP contribution in [0.5, 0.6) is 0 Å². The van der Waals surface area contributed by atoms with Gasteiger partial charge in [0.05, 0.1) is 11.5 Å². The molecule has 6 nitrogen and oxygen atoms in total. The lowest BCUT2D eigenvalue weighted by molar-refractivity contribution is -0.384. The van der Waals surface area contributed by atoms with E-state index < -0.39 is 35.2 Å². The van der Waals surface area contributed by atoms with E-state index in [0.29, 0.717) is 0 Å². The van der Waals surface area contributed by atoms with Crippen LogP contribution in [0.2, 0.25) is 0 Å². The number of nitrogen functional groups attached to an aromatic ring is 1. The van der Waals surface area contributed by atoms with Gasteiger partial charge in [-0.05, 0) is 0 Å². The Balaban J connectivity index is 3.35. The van der Waals surface area contributed by atoms with Gasteiger partial charge in [0.1, 0.15) is 5.69 Å². The zero-order valence-electron chi connectivity index (χ0n) is 7.35. The standard InChI is InChI=1S/C7H7F2N3O3/c8-6(9)5-3(2-13)1-4(12(14)15)7(10)11-5/h1,6,13H,2H2,(H2,10,11). The average molecular weight is 219 g/mol. The van der Waals surface area contributed by atoms with Crippen LogP contribution in [-0.4, -0.2) is 15.0 Å². The maximum atomic E-state index is 12.3. The van der Waals surface area contributed by atoms with Gasteiger partial charge in [-0.3, -0.25) is 10.1 Å². The highest BCUT2D eigenvalue weighted by molar-refractivity contribution is 5.54. The Bertz CT molecular complexity index is 397. The smallest absolute Gasteiger partial charge is 0.311 e. The van der Waals surface area contributed by atoms with Crippen LogP contribution >= 0.6 is 0 Å². The Kier molecular flexibility index (Phi) is 3.10. The predicted molar refractivity (Wildman–Crippen MR) is 46.2 cm³/mol. The number of rotatable bonds is 3. The number of nitro groups is 1. The average Bonchev–Trinajstić information content (AvgIpc) is 2.16. The largest absolute Gasteiger partial charge is 0.392 e. The molecule has 0 aliphatic rings. The summed E-state index contributed by atoms with van der Waals surface area (Å²) in [5, 5.41) is 19.1. The van der Waals surface area contributed by atoms with Crippen LogP contribution in [0.3, 0.4) is 0 Å². The van der Waals surface area contributed by atoms with E-state index in [9.17, 15) is 18.9 Å². The van der Waals surface area contributed by atoms with E-state index in [1.165, 1.54) is 0 Å². The van der Waals surface area contributed by atoms with Gasteiger partial charge in [0.25, 0.3) is 6.43 Å². The van der Waals surface area contributed by atoms with Crippen molar-refractivity contribution in [2.75, 3.05) is 5.73 Å². The number of nitrogens with two attached hydrogens (primary N) is 1. The summed E-state index contributed by atoms with van der Waals surface area (Å²) in [6.45, 7) is -0.756. The maximum Gasteiger partial charge on any atom is 0.311 e. The van der Waals surface area contributed by atoms with Crippen molar-refractivity contribution in [3.63, 3.8) is 0 Å². The highest BCUT2D eigenvalue weighted by Crippen LogP contribution is 2.28. The number of hydrogen-bond acceptors (Lipinski definition) is 5. The molecule has 1 rings (SSSR count). The van der Waals surface area contributed by atoms with Crippen LogP contribution in [-0.2, 0) is 6.61 Å². The monoisotopic (exact) mass is 219 g/mol. The molecule has 0 fully saturated rings. The molecule has 0 unspecified atom stereocenters. The zero-order chi connectivity index (χ0) is 11.6. The molecule has 0 saturated heterocycles. The van der Waals surface area contributed by atoms with Crippen LogP contribution in [0.1, 0.15) is 17.7 Å². The van der Waals surface area contributed by atoms with Crippen molar-refractivity contribution in [3.8, 4) is 0 Å². The van der Waals surface area contributed by atoms with Gasteiger partial charge in [0.2, 0.25) is 5.82 Å². The minimum atomic E-state index is -2.93. The first-order valence-electron chi connectivity index (χ1n) is 3.80.